The smallest absolute Gasteiger partial charge is 0.0535 e. The van der Waals surface area contributed by atoms with Crippen molar-refractivity contribution >= 4 is 0 Å². The maximum atomic E-state index is 5.62. The second-order valence-corrected chi connectivity index (χ2v) is 5.68. The van der Waals surface area contributed by atoms with Crippen LogP contribution in [-0.2, 0) is 4.74 Å². The second kappa shape index (κ2) is 4.84. The SMILES string of the molecule is CCC(C)CC1(CNC2CC2)CCOC1. The quantitative estimate of drug-likeness (QED) is 0.729. The first-order valence-electron chi connectivity index (χ1n) is 6.55. The number of hydrogen-bond acceptors (Lipinski definition) is 2. The van der Waals surface area contributed by atoms with Gasteiger partial charge >= 0.3 is 0 Å². The summed E-state index contributed by atoms with van der Waals surface area (Å²) < 4.78 is 5.62. The van der Waals surface area contributed by atoms with Crippen molar-refractivity contribution in [2.24, 2.45) is 11.3 Å². The van der Waals surface area contributed by atoms with Gasteiger partial charge in [0.15, 0.2) is 0 Å². The molecular formula is C13H25NO. The van der Waals surface area contributed by atoms with E-state index in [4.69, 9.17) is 4.74 Å². The van der Waals surface area contributed by atoms with Crippen LogP contribution in [0.4, 0.5) is 0 Å². The molecule has 1 N–H and O–H groups in total. The lowest BCUT2D eigenvalue weighted by Gasteiger charge is -2.30. The third-order valence-electron chi connectivity index (χ3n) is 4.01. The molecule has 88 valence electrons. The zero-order valence-electron chi connectivity index (χ0n) is 10.2. The van der Waals surface area contributed by atoms with E-state index < -0.39 is 0 Å². The van der Waals surface area contributed by atoms with E-state index in [1.165, 1.54) is 38.6 Å². The molecule has 1 aliphatic heterocycles. The largest absolute Gasteiger partial charge is 0.381 e. The van der Waals surface area contributed by atoms with E-state index >= 15 is 0 Å². The molecule has 2 atom stereocenters. The van der Waals surface area contributed by atoms with Crippen molar-refractivity contribution in [2.75, 3.05) is 19.8 Å². The summed E-state index contributed by atoms with van der Waals surface area (Å²) >= 11 is 0. The monoisotopic (exact) mass is 211 g/mol. The third kappa shape index (κ3) is 3.18. The molecule has 2 nitrogen and oxygen atoms in total. The van der Waals surface area contributed by atoms with E-state index in [2.05, 4.69) is 19.2 Å². The summed E-state index contributed by atoms with van der Waals surface area (Å²) in [5.41, 5.74) is 0.456. The predicted octanol–water partition coefficient (Wildman–Crippen LogP) is 2.58. The van der Waals surface area contributed by atoms with Gasteiger partial charge in [-0.1, -0.05) is 20.3 Å². The highest BCUT2D eigenvalue weighted by Crippen LogP contribution is 2.36. The molecule has 0 radical (unpaired) electrons. The van der Waals surface area contributed by atoms with Crippen LogP contribution in [0.3, 0.4) is 0 Å². The van der Waals surface area contributed by atoms with E-state index in [-0.39, 0.29) is 0 Å². The van der Waals surface area contributed by atoms with Crippen molar-refractivity contribution in [3.63, 3.8) is 0 Å². The number of nitrogens with one attached hydrogen (secondary N) is 1. The fourth-order valence-electron chi connectivity index (χ4n) is 2.55. The molecule has 1 saturated carbocycles. The van der Waals surface area contributed by atoms with E-state index in [9.17, 15) is 0 Å². The Kier molecular flexibility index (Phi) is 3.68. The van der Waals surface area contributed by atoms with Crippen LogP contribution in [0.1, 0.15) is 46.0 Å². The number of rotatable bonds is 6. The van der Waals surface area contributed by atoms with Crippen molar-refractivity contribution in [3.05, 3.63) is 0 Å². The molecule has 1 saturated heterocycles. The fraction of sp³-hybridized carbons (Fsp3) is 1.00. The van der Waals surface area contributed by atoms with Gasteiger partial charge in [-0.25, -0.2) is 0 Å². The van der Waals surface area contributed by atoms with Crippen LogP contribution in [0.5, 0.6) is 0 Å². The molecule has 0 bridgehead atoms. The molecule has 2 unspecified atom stereocenters. The standard InChI is InChI=1S/C13H25NO/c1-3-11(2)8-13(6-7-15-10-13)9-14-12-4-5-12/h11-12,14H,3-10H2,1-2H3. The Balaban J connectivity index is 1.83. The highest BCUT2D eigenvalue weighted by molar-refractivity contribution is 4.90. The van der Waals surface area contributed by atoms with Gasteiger partial charge in [-0.3, -0.25) is 0 Å². The van der Waals surface area contributed by atoms with E-state index in [0.717, 1.165) is 25.2 Å². The molecule has 0 aromatic heterocycles. The molecule has 2 rings (SSSR count). The van der Waals surface area contributed by atoms with Gasteiger partial charge in [0.25, 0.3) is 0 Å². The van der Waals surface area contributed by atoms with Gasteiger partial charge in [0.2, 0.25) is 0 Å². The highest BCUT2D eigenvalue weighted by atomic mass is 16.5. The Hall–Kier alpha value is -0.0800. The van der Waals surface area contributed by atoms with Crippen LogP contribution in [0.25, 0.3) is 0 Å². The molecule has 2 aliphatic rings. The summed E-state index contributed by atoms with van der Waals surface area (Å²) in [6.07, 6.45) is 6.67. The molecule has 15 heavy (non-hydrogen) atoms. The molecule has 0 aromatic carbocycles. The minimum absolute atomic E-state index is 0.456. The van der Waals surface area contributed by atoms with Gasteiger partial charge in [0.1, 0.15) is 0 Å². The third-order valence-corrected chi connectivity index (χ3v) is 4.01. The van der Waals surface area contributed by atoms with Crippen LogP contribution in [0.2, 0.25) is 0 Å². The normalized spacial score (nSPS) is 33.2. The summed E-state index contributed by atoms with van der Waals surface area (Å²) in [5, 5.41) is 3.69. The first-order valence-corrected chi connectivity index (χ1v) is 6.55. The Labute approximate surface area is 93.8 Å². The molecule has 0 amide bonds. The Morgan fingerprint density at radius 1 is 1.47 bits per heavy atom. The Bertz CT molecular complexity index is 195. The molecule has 2 fully saturated rings. The Morgan fingerprint density at radius 3 is 2.80 bits per heavy atom. The molecular weight excluding hydrogens is 186 g/mol. The van der Waals surface area contributed by atoms with Crippen LogP contribution >= 0.6 is 0 Å². The van der Waals surface area contributed by atoms with Gasteiger partial charge in [-0.2, -0.15) is 0 Å². The predicted molar refractivity (Wildman–Crippen MR) is 63.0 cm³/mol. The second-order valence-electron chi connectivity index (χ2n) is 5.68. The average molecular weight is 211 g/mol. The van der Waals surface area contributed by atoms with Gasteiger partial charge in [-0.05, 0) is 31.6 Å². The number of ether oxygens (including phenoxy) is 1. The summed E-state index contributed by atoms with van der Waals surface area (Å²) in [6, 6.07) is 0.833. The van der Waals surface area contributed by atoms with Crippen molar-refractivity contribution in [2.45, 2.75) is 52.0 Å². The number of hydrogen-bond donors (Lipinski definition) is 1. The molecule has 1 heterocycles. The fourth-order valence-corrected chi connectivity index (χ4v) is 2.55. The lowest BCUT2D eigenvalue weighted by molar-refractivity contribution is 0.131. The van der Waals surface area contributed by atoms with Crippen LogP contribution in [0.15, 0.2) is 0 Å². The summed E-state index contributed by atoms with van der Waals surface area (Å²) in [6.45, 7) is 7.81. The van der Waals surface area contributed by atoms with Crippen LogP contribution < -0.4 is 5.32 Å². The zero-order valence-corrected chi connectivity index (χ0v) is 10.2. The zero-order chi connectivity index (χ0) is 10.7. The first kappa shape index (κ1) is 11.4. The summed E-state index contributed by atoms with van der Waals surface area (Å²) in [7, 11) is 0. The van der Waals surface area contributed by atoms with Crippen molar-refractivity contribution in [3.8, 4) is 0 Å². The average Bonchev–Trinajstić information content (AvgIpc) is 2.97. The van der Waals surface area contributed by atoms with Crippen LogP contribution in [0, 0.1) is 11.3 Å². The topological polar surface area (TPSA) is 21.3 Å². The lowest BCUT2D eigenvalue weighted by atomic mass is 9.78. The molecule has 2 heteroatoms. The van der Waals surface area contributed by atoms with Gasteiger partial charge in [0.05, 0.1) is 6.61 Å². The van der Waals surface area contributed by atoms with E-state index in [0.29, 0.717) is 5.41 Å². The van der Waals surface area contributed by atoms with Crippen molar-refractivity contribution in [1.29, 1.82) is 0 Å². The first-order chi connectivity index (χ1) is 7.24. The summed E-state index contributed by atoms with van der Waals surface area (Å²) in [4.78, 5) is 0. The maximum absolute atomic E-state index is 5.62. The highest BCUT2D eigenvalue weighted by Gasteiger charge is 2.37. The molecule has 0 aromatic rings. The van der Waals surface area contributed by atoms with Gasteiger partial charge in [0, 0.05) is 24.6 Å². The summed E-state index contributed by atoms with van der Waals surface area (Å²) in [5.74, 6) is 0.840. The van der Waals surface area contributed by atoms with Crippen LogP contribution in [-0.4, -0.2) is 25.8 Å². The minimum Gasteiger partial charge on any atom is -0.381 e. The van der Waals surface area contributed by atoms with E-state index in [1.54, 1.807) is 0 Å². The minimum atomic E-state index is 0.456. The van der Waals surface area contributed by atoms with Crippen molar-refractivity contribution < 1.29 is 4.74 Å². The molecule has 0 spiro atoms. The maximum Gasteiger partial charge on any atom is 0.0535 e. The van der Waals surface area contributed by atoms with Gasteiger partial charge in [-0.15, -0.1) is 0 Å². The van der Waals surface area contributed by atoms with Crippen molar-refractivity contribution in [1.82, 2.24) is 5.32 Å². The lowest BCUT2D eigenvalue weighted by Crippen LogP contribution is -2.37. The van der Waals surface area contributed by atoms with E-state index in [1.807, 2.05) is 0 Å². The Morgan fingerprint density at radius 2 is 2.27 bits per heavy atom. The molecule has 1 aliphatic carbocycles. The van der Waals surface area contributed by atoms with Gasteiger partial charge < -0.3 is 10.1 Å².